The molecule has 0 fully saturated rings. The van der Waals surface area contributed by atoms with E-state index in [-0.39, 0.29) is 24.1 Å². The molecule has 1 amide bonds. The van der Waals surface area contributed by atoms with Gasteiger partial charge in [-0.1, -0.05) is 12.1 Å². The van der Waals surface area contributed by atoms with Crippen LogP contribution in [0.5, 0.6) is 5.75 Å². The maximum atomic E-state index is 13.8. The molecule has 0 bridgehead atoms. The Labute approximate surface area is 186 Å². The van der Waals surface area contributed by atoms with Gasteiger partial charge in [0.1, 0.15) is 11.6 Å². The summed E-state index contributed by atoms with van der Waals surface area (Å²) in [4.78, 5) is 31.8. The van der Waals surface area contributed by atoms with E-state index in [1.54, 1.807) is 19.2 Å². The van der Waals surface area contributed by atoms with Crippen molar-refractivity contribution in [1.82, 2.24) is 20.2 Å². The normalized spacial score (nSPS) is 15.5. The predicted octanol–water partition coefficient (Wildman–Crippen LogP) is 2.47. The number of aromatic hydroxyl groups is 1. The first-order valence-corrected chi connectivity index (χ1v) is 10.8. The zero-order chi connectivity index (χ0) is 23.3. The smallest absolute Gasteiger partial charge is 0.296 e. The van der Waals surface area contributed by atoms with Gasteiger partial charge in [-0.2, -0.15) is 0 Å². The molecule has 3 N–H and O–H groups in total. The molecule has 1 aliphatic heterocycles. The fourth-order valence-electron chi connectivity index (χ4n) is 3.93. The van der Waals surface area contributed by atoms with Crippen molar-refractivity contribution in [2.24, 2.45) is 0 Å². The molecule has 1 aromatic heterocycles. The number of rotatable bonds is 8. The van der Waals surface area contributed by atoms with Gasteiger partial charge in [0.15, 0.2) is 5.69 Å². The number of benzene rings is 1. The fraction of sp³-hybridized carbons (Fsp3) is 0.435. The number of carbonyl (C=O) groups is 1. The number of nitrogens with zero attached hydrogens (tertiary/aromatic N) is 3. The highest BCUT2D eigenvalue weighted by Gasteiger charge is 2.26. The van der Waals surface area contributed by atoms with E-state index in [0.29, 0.717) is 30.2 Å². The van der Waals surface area contributed by atoms with Gasteiger partial charge in [0.25, 0.3) is 11.5 Å². The van der Waals surface area contributed by atoms with Crippen LogP contribution in [-0.2, 0) is 13.1 Å². The highest BCUT2D eigenvalue weighted by Crippen LogP contribution is 2.24. The molecule has 3 rings (SSSR count). The summed E-state index contributed by atoms with van der Waals surface area (Å²) in [5.41, 5.74) is 0.424. The van der Waals surface area contributed by atoms with Crippen LogP contribution in [0.3, 0.4) is 0 Å². The monoisotopic (exact) mass is 443 g/mol. The van der Waals surface area contributed by atoms with E-state index in [9.17, 15) is 19.1 Å². The molecule has 0 saturated carbocycles. The van der Waals surface area contributed by atoms with Crippen LogP contribution < -0.4 is 21.1 Å². The Morgan fingerprint density at radius 1 is 1.44 bits per heavy atom. The number of hydrogen-bond donors (Lipinski definition) is 3. The average molecular weight is 444 g/mol. The van der Waals surface area contributed by atoms with Crippen LogP contribution in [0.2, 0.25) is 0 Å². The molecule has 1 unspecified atom stereocenters. The van der Waals surface area contributed by atoms with Crippen molar-refractivity contribution >= 4 is 11.6 Å². The lowest BCUT2D eigenvalue weighted by atomic mass is 10.1. The second kappa shape index (κ2) is 10.4. The molecule has 1 aromatic carbocycles. The van der Waals surface area contributed by atoms with E-state index in [0.717, 1.165) is 25.7 Å². The minimum absolute atomic E-state index is 0.0852. The summed E-state index contributed by atoms with van der Waals surface area (Å²) < 4.78 is 15.3. The highest BCUT2D eigenvalue weighted by atomic mass is 19.1. The molecular formula is C23H30FN5O3. The fourth-order valence-corrected chi connectivity index (χ4v) is 3.93. The summed E-state index contributed by atoms with van der Waals surface area (Å²) in [6.45, 7) is 4.88. The molecule has 0 saturated heterocycles. The summed E-state index contributed by atoms with van der Waals surface area (Å²) in [6.07, 6.45) is 4.99. The van der Waals surface area contributed by atoms with Gasteiger partial charge >= 0.3 is 0 Å². The van der Waals surface area contributed by atoms with Crippen molar-refractivity contribution in [2.45, 2.75) is 44.8 Å². The van der Waals surface area contributed by atoms with E-state index in [1.165, 1.54) is 16.7 Å². The van der Waals surface area contributed by atoms with Gasteiger partial charge in [0.2, 0.25) is 5.75 Å². The van der Waals surface area contributed by atoms with Crippen LogP contribution in [0.4, 0.5) is 10.1 Å². The first-order valence-electron chi connectivity index (χ1n) is 10.8. The minimum Gasteiger partial charge on any atom is -0.501 e. The van der Waals surface area contributed by atoms with E-state index in [4.69, 9.17) is 0 Å². The first kappa shape index (κ1) is 23.5. The third-order valence-electron chi connectivity index (χ3n) is 5.74. The Morgan fingerprint density at radius 2 is 2.22 bits per heavy atom. The van der Waals surface area contributed by atoms with E-state index < -0.39 is 17.2 Å². The largest absolute Gasteiger partial charge is 0.501 e. The minimum atomic E-state index is -0.662. The Morgan fingerprint density at radius 3 is 2.94 bits per heavy atom. The lowest BCUT2D eigenvalue weighted by Gasteiger charge is -2.22. The molecule has 0 spiro atoms. The summed E-state index contributed by atoms with van der Waals surface area (Å²) >= 11 is 0. The molecule has 172 valence electrons. The maximum absolute atomic E-state index is 13.8. The van der Waals surface area contributed by atoms with E-state index in [2.05, 4.69) is 22.2 Å². The average Bonchev–Trinajstić information content (AvgIpc) is 3.00. The van der Waals surface area contributed by atoms with Gasteiger partial charge in [0.05, 0.1) is 6.04 Å². The standard InChI is InChI=1S/C23H30FN5O3/c1-4-5-11-28(3)18-13-16(24)10-9-15(18)14-26-22(31)19-20(30)23(32)29-12-7-6-8-17(25-2)21(29)27-19/h4,9-10,13,17,25,30H,1,5-8,11-12,14H2,2-3H3,(H,26,31). The number of aromatic nitrogens is 2. The van der Waals surface area contributed by atoms with Crippen LogP contribution >= 0.6 is 0 Å². The maximum Gasteiger partial charge on any atom is 0.296 e. The van der Waals surface area contributed by atoms with Gasteiger partial charge in [-0.15, -0.1) is 6.58 Å². The molecule has 0 aliphatic carbocycles. The van der Waals surface area contributed by atoms with Crippen molar-refractivity contribution in [3.05, 3.63) is 64.1 Å². The van der Waals surface area contributed by atoms with Crippen LogP contribution in [0, 0.1) is 5.82 Å². The molecule has 2 heterocycles. The Hall–Kier alpha value is -3.20. The van der Waals surface area contributed by atoms with Gasteiger partial charge in [-0.05, 0) is 50.4 Å². The van der Waals surface area contributed by atoms with Crippen molar-refractivity contribution in [3.63, 3.8) is 0 Å². The number of carbonyl (C=O) groups excluding carboxylic acids is 1. The molecule has 1 aliphatic rings. The number of fused-ring (bicyclic) bond motifs is 1. The molecule has 0 radical (unpaired) electrons. The second-order valence-electron chi connectivity index (χ2n) is 7.92. The lowest BCUT2D eigenvalue weighted by molar-refractivity contribution is 0.0941. The molecule has 2 aromatic rings. The van der Waals surface area contributed by atoms with Crippen molar-refractivity contribution in [2.75, 3.05) is 25.5 Å². The summed E-state index contributed by atoms with van der Waals surface area (Å²) in [6, 6.07) is 4.16. The van der Waals surface area contributed by atoms with Gasteiger partial charge < -0.3 is 20.6 Å². The lowest BCUT2D eigenvalue weighted by Crippen LogP contribution is -2.33. The summed E-state index contributed by atoms with van der Waals surface area (Å²) in [7, 11) is 3.61. The zero-order valence-corrected chi connectivity index (χ0v) is 18.5. The van der Waals surface area contributed by atoms with Crippen LogP contribution in [-0.4, -0.2) is 41.2 Å². The number of anilines is 1. The summed E-state index contributed by atoms with van der Waals surface area (Å²) in [5, 5.41) is 16.2. The van der Waals surface area contributed by atoms with E-state index >= 15 is 0 Å². The highest BCUT2D eigenvalue weighted by molar-refractivity contribution is 5.94. The third kappa shape index (κ3) is 4.99. The third-order valence-corrected chi connectivity index (χ3v) is 5.74. The quantitative estimate of drug-likeness (QED) is 0.542. The van der Waals surface area contributed by atoms with Crippen molar-refractivity contribution in [1.29, 1.82) is 0 Å². The second-order valence-corrected chi connectivity index (χ2v) is 7.92. The molecule has 1 atom stereocenters. The summed E-state index contributed by atoms with van der Waals surface area (Å²) in [5.74, 6) is -1.25. The first-order chi connectivity index (χ1) is 15.4. The number of nitrogens with one attached hydrogen (secondary N) is 2. The SMILES string of the molecule is C=CCCN(C)c1cc(F)ccc1CNC(=O)c1nc2n(c(=O)c1O)CCCCC2NC. The topological polar surface area (TPSA) is 99.5 Å². The van der Waals surface area contributed by atoms with Crippen LogP contribution in [0.1, 0.15) is 53.6 Å². The van der Waals surface area contributed by atoms with Crippen LogP contribution in [0.15, 0.2) is 35.6 Å². The number of hydrogen-bond acceptors (Lipinski definition) is 6. The zero-order valence-electron chi connectivity index (χ0n) is 18.5. The van der Waals surface area contributed by atoms with Crippen LogP contribution in [0.25, 0.3) is 0 Å². The predicted molar refractivity (Wildman–Crippen MR) is 121 cm³/mol. The Bertz CT molecular complexity index is 1050. The van der Waals surface area contributed by atoms with E-state index in [1.807, 2.05) is 11.9 Å². The molecular weight excluding hydrogens is 413 g/mol. The Kier molecular flexibility index (Phi) is 7.63. The Balaban J connectivity index is 1.86. The number of halogens is 1. The molecule has 32 heavy (non-hydrogen) atoms. The molecule has 8 nitrogen and oxygen atoms in total. The number of amides is 1. The molecule has 9 heteroatoms. The van der Waals surface area contributed by atoms with Gasteiger partial charge in [0, 0.05) is 32.4 Å². The van der Waals surface area contributed by atoms with Gasteiger partial charge in [-0.25, -0.2) is 9.37 Å². The van der Waals surface area contributed by atoms with Crippen molar-refractivity contribution < 1.29 is 14.3 Å². The van der Waals surface area contributed by atoms with Gasteiger partial charge in [-0.3, -0.25) is 14.2 Å². The van der Waals surface area contributed by atoms with Crippen molar-refractivity contribution in [3.8, 4) is 5.75 Å².